The first-order valence-electron chi connectivity index (χ1n) is 9.29. The molecule has 0 spiro atoms. The Kier molecular flexibility index (Phi) is 4.89. The van der Waals surface area contributed by atoms with Crippen LogP contribution < -0.4 is 5.32 Å². The van der Waals surface area contributed by atoms with Crippen LogP contribution in [-0.2, 0) is 17.8 Å². The third-order valence-corrected chi connectivity index (χ3v) is 4.87. The highest BCUT2D eigenvalue weighted by Crippen LogP contribution is 2.19. The minimum Gasteiger partial charge on any atom is -0.349 e. The Hall–Kier alpha value is -3.48. The number of aromatic nitrogens is 5. The molecule has 0 fully saturated rings. The van der Waals surface area contributed by atoms with E-state index < -0.39 is 0 Å². The molecule has 0 aliphatic heterocycles. The number of fused-ring (bicyclic) bond motifs is 1. The van der Waals surface area contributed by atoms with E-state index in [0.717, 1.165) is 28.3 Å². The maximum Gasteiger partial charge on any atom is 0.220 e. The van der Waals surface area contributed by atoms with Crippen molar-refractivity contribution in [2.24, 2.45) is 0 Å². The molecule has 0 unspecified atom stereocenters. The summed E-state index contributed by atoms with van der Waals surface area (Å²) in [5.74, 6) is 0.701. The molecule has 0 saturated heterocycles. The van der Waals surface area contributed by atoms with Crippen LogP contribution in [0.5, 0.6) is 0 Å². The Balaban J connectivity index is 1.39. The number of nitrogens with one attached hydrogen (secondary N) is 1. The van der Waals surface area contributed by atoms with Crippen molar-refractivity contribution in [2.75, 3.05) is 0 Å². The van der Waals surface area contributed by atoms with E-state index in [-0.39, 0.29) is 5.91 Å². The molecular weight excluding hydrogens is 352 g/mol. The zero-order valence-corrected chi connectivity index (χ0v) is 16.0. The van der Waals surface area contributed by atoms with Gasteiger partial charge >= 0.3 is 0 Å². The number of pyridine rings is 1. The van der Waals surface area contributed by atoms with Gasteiger partial charge in [0.15, 0.2) is 11.5 Å². The van der Waals surface area contributed by atoms with Crippen LogP contribution in [0.2, 0.25) is 0 Å². The predicted octanol–water partition coefficient (Wildman–Crippen LogP) is 2.78. The summed E-state index contributed by atoms with van der Waals surface area (Å²) in [5, 5.41) is 15.8. The van der Waals surface area contributed by atoms with E-state index in [2.05, 4.69) is 20.6 Å². The first-order chi connectivity index (χ1) is 13.6. The lowest BCUT2D eigenvalue weighted by Crippen LogP contribution is -2.24. The molecule has 1 N–H and O–H groups in total. The number of benzene rings is 1. The van der Waals surface area contributed by atoms with Crippen LogP contribution in [0, 0.1) is 13.8 Å². The number of aryl methyl sites for hydroxylation is 1. The van der Waals surface area contributed by atoms with Gasteiger partial charge in [-0.15, -0.1) is 10.2 Å². The Morgan fingerprint density at radius 3 is 2.64 bits per heavy atom. The molecule has 0 bridgehead atoms. The van der Waals surface area contributed by atoms with Gasteiger partial charge in [0, 0.05) is 18.3 Å². The minimum atomic E-state index is -0.0149. The number of para-hydroxylation sites is 1. The van der Waals surface area contributed by atoms with E-state index in [0.29, 0.717) is 25.2 Å². The normalized spacial score (nSPS) is 11.1. The van der Waals surface area contributed by atoms with E-state index in [9.17, 15) is 4.79 Å². The van der Waals surface area contributed by atoms with Crippen molar-refractivity contribution in [1.82, 2.24) is 29.7 Å². The molecule has 3 aromatic heterocycles. The van der Waals surface area contributed by atoms with E-state index in [1.807, 2.05) is 77.7 Å². The molecule has 1 amide bonds. The van der Waals surface area contributed by atoms with Gasteiger partial charge in [-0.25, -0.2) is 4.68 Å². The summed E-state index contributed by atoms with van der Waals surface area (Å²) < 4.78 is 3.81. The van der Waals surface area contributed by atoms with Gasteiger partial charge in [0.05, 0.1) is 17.9 Å². The molecule has 0 aliphatic rings. The van der Waals surface area contributed by atoms with Crippen LogP contribution in [0.15, 0.2) is 54.7 Å². The fourth-order valence-electron chi connectivity index (χ4n) is 3.37. The summed E-state index contributed by atoms with van der Waals surface area (Å²) in [6.07, 6.45) is 2.94. The standard InChI is InChI=1S/C21H22N6O/c1-15-18(16(2)27(25-15)17-8-4-3-5-9-17)11-12-21(28)22-14-20-24-23-19-10-6-7-13-26(19)20/h3-10,13H,11-12,14H2,1-2H3,(H,22,28). The highest BCUT2D eigenvalue weighted by atomic mass is 16.1. The third kappa shape index (κ3) is 3.51. The molecule has 1 aromatic carbocycles. The molecule has 142 valence electrons. The quantitative estimate of drug-likeness (QED) is 0.563. The van der Waals surface area contributed by atoms with Crippen LogP contribution in [0.3, 0.4) is 0 Å². The van der Waals surface area contributed by atoms with Crippen molar-refractivity contribution >= 4 is 11.6 Å². The highest BCUT2D eigenvalue weighted by molar-refractivity contribution is 5.76. The minimum absolute atomic E-state index is 0.0149. The summed E-state index contributed by atoms with van der Waals surface area (Å²) in [4.78, 5) is 12.4. The van der Waals surface area contributed by atoms with E-state index in [4.69, 9.17) is 0 Å². The molecule has 7 nitrogen and oxygen atoms in total. The van der Waals surface area contributed by atoms with E-state index >= 15 is 0 Å². The van der Waals surface area contributed by atoms with Crippen molar-refractivity contribution in [2.45, 2.75) is 33.2 Å². The van der Waals surface area contributed by atoms with Crippen molar-refractivity contribution in [1.29, 1.82) is 0 Å². The number of carbonyl (C=O) groups is 1. The maximum atomic E-state index is 12.4. The van der Waals surface area contributed by atoms with Crippen molar-refractivity contribution < 1.29 is 4.79 Å². The monoisotopic (exact) mass is 374 g/mol. The van der Waals surface area contributed by atoms with Crippen LogP contribution in [0.1, 0.15) is 29.2 Å². The molecule has 28 heavy (non-hydrogen) atoms. The Bertz CT molecular complexity index is 1110. The lowest BCUT2D eigenvalue weighted by atomic mass is 10.1. The fourth-order valence-corrected chi connectivity index (χ4v) is 3.37. The topological polar surface area (TPSA) is 77.1 Å². The summed E-state index contributed by atoms with van der Waals surface area (Å²) in [5.41, 5.74) is 4.94. The fraction of sp³-hybridized carbons (Fsp3) is 0.238. The molecule has 4 rings (SSSR count). The van der Waals surface area contributed by atoms with Crippen LogP contribution >= 0.6 is 0 Å². The van der Waals surface area contributed by atoms with Crippen molar-refractivity contribution in [3.05, 3.63) is 77.5 Å². The molecular formula is C21H22N6O. The average molecular weight is 374 g/mol. The third-order valence-electron chi connectivity index (χ3n) is 4.87. The van der Waals surface area contributed by atoms with Gasteiger partial charge < -0.3 is 5.32 Å². The van der Waals surface area contributed by atoms with Crippen molar-refractivity contribution in [3.63, 3.8) is 0 Å². The second-order valence-electron chi connectivity index (χ2n) is 6.72. The van der Waals surface area contributed by atoms with Crippen LogP contribution in [0.4, 0.5) is 0 Å². The summed E-state index contributed by atoms with van der Waals surface area (Å²) in [7, 11) is 0. The zero-order valence-electron chi connectivity index (χ0n) is 16.0. The zero-order chi connectivity index (χ0) is 19.5. The van der Waals surface area contributed by atoms with Gasteiger partial charge in [-0.1, -0.05) is 24.3 Å². The van der Waals surface area contributed by atoms with Crippen LogP contribution in [-0.4, -0.2) is 30.3 Å². The lowest BCUT2D eigenvalue weighted by molar-refractivity contribution is -0.121. The molecule has 3 heterocycles. The second kappa shape index (κ2) is 7.64. The predicted molar refractivity (Wildman–Crippen MR) is 106 cm³/mol. The maximum absolute atomic E-state index is 12.4. The average Bonchev–Trinajstić information content (AvgIpc) is 3.26. The van der Waals surface area contributed by atoms with Gasteiger partial charge in [-0.3, -0.25) is 9.20 Å². The van der Waals surface area contributed by atoms with Crippen molar-refractivity contribution in [3.8, 4) is 5.69 Å². The van der Waals surface area contributed by atoms with Gasteiger partial charge in [0.2, 0.25) is 5.91 Å². The molecule has 0 saturated carbocycles. The smallest absolute Gasteiger partial charge is 0.220 e. The first kappa shape index (κ1) is 17.9. The van der Waals surface area contributed by atoms with Gasteiger partial charge in [0.1, 0.15) is 0 Å². The number of rotatable bonds is 6. The van der Waals surface area contributed by atoms with Gasteiger partial charge in [0.25, 0.3) is 0 Å². The Morgan fingerprint density at radius 2 is 1.82 bits per heavy atom. The summed E-state index contributed by atoms with van der Waals surface area (Å²) in [6, 6.07) is 15.7. The molecule has 0 radical (unpaired) electrons. The lowest BCUT2D eigenvalue weighted by Gasteiger charge is -2.06. The van der Waals surface area contributed by atoms with E-state index in [1.165, 1.54) is 0 Å². The SMILES string of the molecule is Cc1nn(-c2ccccc2)c(C)c1CCC(=O)NCc1nnc2ccccn12. The Labute approximate surface area is 163 Å². The van der Waals surface area contributed by atoms with Crippen LogP contribution in [0.25, 0.3) is 11.3 Å². The number of nitrogens with zero attached hydrogens (tertiary/aromatic N) is 5. The number of hydrogen-bond donors (Lipinski definition) is 1. The number of carbonyl (C=O) groups excluding carboxylic acids is 1. The molecule has 0 atom stereocenters. The van der Waals surface area contributed by atoms with E-state index in [1.54, 1.807) is 0 Å². The summed E-state index contributed by atoms with van der Waals surface area (Å²) in [6.45, 7) is 4.38. The largest absolute Gasteiger partial charge is 0.349 e. The molecule has 0 aliphatic carbocycles. The Morgan fingerprint density at radius 1 is 1.04 bits per heavy atom. The first-order valence-corrected chi connectivity index (χ1v) is 9.29. The molecule has 4 aromatic rings. The van der Waals surface area contributed by atoms with Gasteiger partial charge in [-0.2, -0.15) is 5.10 Å². The highest BCUT2D eigenvalue weighted by Gasteiger charge is 2.14. The summed E-state index contributed by atoms with van der Waals surface area (Å²) >= 11 is 0. The number of amides is 1. The molecule has 7 heteroatoms. The van der Waals surface area contributed by atoms with Gasteiger partial charge in [-0.05, 0) is 50.1 Å². The second-order valence-corrected chi connectivity index (χ2v) is 6.72. The number of hydrogen-bond acceptors (Lipinski definition) is 4.